The third-order valence-corrected chi connectivity index (χ3v) is 0.810. The summed E-state index contributed by atoms with van der Waals surface area (Å²) in [6, 6.07) is 0. The molecule has 1 rings (SSSR count). The highest BCUT2D eigenvalue weighted by atomic mass is 16.5. The minimum absolute atomic E-state index is 0.521. The third kappa shape index (κ3) is 1.42. The Bertz CT molecular complexity index is 184. The molecule has 9 heavy (non-hydrogen) atoms. The lowest BCUT2D eigenvalue weighted by Crippen LogP contribution is -1.90. The van der Waals surface area contributed by atoms with Gasteiger partial charge in [0.2, 0.25) is 0 Å². The van der Waals surface area contributed by atoms with Crippen molar-refractivity contribution in [3.8, 4) is 5.88 Å². The molecule has 0 aromatic carbocycles. The molecular formula is C5H8N3O. The average molecular weight is 126 g/mol. The molecule has 0 saturated carbocycles. The summed E-state index contributed by atoms with van der Waals surface area (Å²) in [5.41, 5.74) is 0. The number of nitrogens with zero attached hydrogens (tertiary/aromatic N) is 3. The van der Waals surface area contributed by atoms with Gasteiger partial charge in [-0.1, -0.05) is 10.3 Å². The van der Waals surface area contributed by atoms with Crippen molar-refractivity contribution in [1.29, 1.82) is 0 Å². The fourth-order valence-corrected chi connectivity index (χ4v) is 0.495. The van der Waals surface area contributed by atoms with Gasteiger partial charge in [0.05, 0.1) is 19.9 Å². The SMILES string of the molecule is [CH2]n1cc(OCC)nn1. The van der Waals surface area contributed by atoms with E-state index in [2.05, 4.69) is 17.4 Å². The lowest BCUT2D eigenvalue weighted by Gasteiger charge is -1.91. The molecule has 1 heterocycles. The second-order valence-corrected chi connectivity index (χ2v) is 1.53. The van der Waals surface area contributed by atoms with Crippen molar-refractivity contribution in [2.24, 2.45) is 0 Å². The second kappa shape index (κ2) is 2.48. The van der Waals surface area contributed by atoms with E-state index in [0.29, 0.717) is 12.5 Å². The maximum atomic E-state index is 4.99. The molecule has 0 aliphatic rings. The molecule has 0 saturated heterocycles. The van der Waals surface area contributed by atoms with E-state index in [1.54, 1.807) is 6.20 Å². The van der Waals surface area contributed by atoms with Crippen molar-refractivity contribution in [3.63, 3.8) is 0 Å². The van der Waals surface area contributed by atoms with Gasteiger partial charge in [0.1, 0.15) is 0 Å². The predicted molar refractivity (Wildman–Crippen MR) is 31.9 cm³/mol. The van der Waals surface area contributed by atoms with Crippen LogP contribution in [0, 0.1) is 7.05 Å². The molecule has 49 valence electrons. The van der Waals surface area contributed by atoms with Crippen LogP contribution >= 0.6 is 0 Å². The predicted octanol–water partition coefficient (Wildman–Crippen LogP) is 0.316. The van der Waals surface area contributed by atoms with Gasteiger partial charge in [0.15, 0.2) is 0 Å². The summed E-state index contributed by atoms with van der Waals surface area (Å²) in [6.45, 7) is 2.50. The molecule has 0 N–H and O–H groups in total. The van der Waals surface area contributed by atoms with Crippen molar-refractivity contribution in [1.82, 2.24) is 15.0 Å². The van der Waals surface area contributed by atoms with E-state index in [0.717, 1.165) is 0 Å². The number of hydrogen-bond donors (Lipinski definition) is 0. The highest BCUT2D eigenvalue weighted by Crippen LogP contribution is 2.00. The molecule has 0 amide bonds. The van der Waals surface area contributed by atoms with E-state index in [9.17, 15) is 0 Å². The Morgan fingerprint density at radius 1 is 1.89 bits per heavy atom. The quantitative estimate of drug-likeness (QED) is 0.572. The van der Waals surface area contributed by atoms with Crippen molar-refractivity contribution >= 4 is 0 Å². The molecule has 0 atom stereocenters. The van der Waals surface area contributed by atoms with Gasteiger partial charge >= 0.3 is 0 Å². The topological polar surface area (TPSA) is 39.9 Å². The highest BCUT2D eigenvalue weighted by Gasteiger charge is 1.93. The van der Waals surface area contributed by atoms with E-state index >= 15 is 0 Å². The monoisotopic (exact) mass is 126 g/mol. The molecule has 0 aliphatic heterocycles. The molecule has 0 unspecified atom stereocenters. The zero-order valence-corrected chi connectivity index (χ0v) is 5.24. The molecule has 0 bridgehead atoms. The molecule has 0 aliphatic carbocycles. The van der Waals surface area contributed by atoms with Gasteiger partial charge in [0.25, 0.3) is 5.88 Å². The van der Waals surface area contributed by atoms with Crippen LogP contribution in [0.15, 0.2) is 6.20 Å². The van der Waals surface area contributed by atoms with Gasteiger partial charge < -0.3 is 4.74 Å². The number of ether oxygens (including phenoxy) is 1. The fraction of sp³-hybridized carbons (Fsp3) is 0.400. The summed E-state index contributed by atoms with van der Waals surface area (Å²) in [4.78, 5) is 0. The Labute approximate surface area is 53.4 Å². The van der Waals surface area contributed by atoms with Crippen LogP contribution in [0.3, 0.4) is 0 Å². The Balaban J connectivity index is 2.61. The molecule has 4 nitrogen and oxygen atoms in total. The molecule has 1 aromatic heterocycles. The van der Waals surface area contributed by atoms with Gasteiger partial charge in [-0.05, 0) is 6.92 Å². The Kier molecular flexibility index (Phi) is 1.67. The first kappa shape index (κ1) is 6.07. The Hall–Kier alpha value is -1.06. The van der Waals surface area contributed by atoms with Crippen LogP contribution in [0.5, 0.6) is 5.88 Å². The molecule has 4 heteroatoms. The van der Waals surface area contributed by atoms with E-state index in [-0.39, 0.29) is 0 Å². The summed E-state index contributed by atoms with van der Waals surface area (Å²) in [6.07, 6.45) is 1.61. The van der Waals surface area contributed by atoms with Gasteiger partial charge in [-0.25, -0.2) is 4.68 Å². The van der Waals surface area contributed by atoms with Gasteiger partial charge in [0, 0.05) is 0 Å². The molecule has 1 aromatic rings. The minimum Gasteiger partial charge on any atom is -0.476 e. The van der Waals surface area contributed by atoms with E-state index < -0.39 is 0 Å². The Morgan fingerprint density at radius 3 is 3.11 bits per heavy atom. The van der Waals surface area contributed by atoms with Crippen LogP contribution in [-0.4, -0.2) is 21.6 Å². The highest BCUT2D eigenvalue weighted by molar-refractivity contribution is 4.99. The number of aromatic nitrogens is 3. The average Bonchev–Trinajstić information content (AvgIpc) is 2.17. The van der Waals surface area contributed by atoms with Crippen molar-refractivity contribution in [2.45, 2.75) is 6.92 Å². The smallest absolute Gasteiger partial charge is 0.253 e. The maximum absolute atomic E-state index is 4.99. The number of hydrogen-bond acceptors (Lipinski definition) is 3. The van der Waals surface area contributed by atoms with Crippen LogP contribution in [0.4, 0.5) is 0 Å². The van der Waals surface area contributed by atoms with E-state index in [4.69, 9.17) is 4.74 Å². The largest absolute Gasteiger partial charge is 0.476 e. The Morgan fingerprint density at radius 2 is 2.67 bits per heavy atom. The van der Waals surface area contributed by atoms with Crippen LogP contribution in [0.25, 0.3) is 0 Å². The van der Waals surface area contributed by atoms with Gasteiger partial charge in [-0.15, -0.1) is 0 Å². The molecule has 1 radical (unpaired) electrons. The zero-order chi connectivity index (χ0) is 6.69. The minimum atomic E-state index is 0.521. The summed E-state index contributed by atoms with van der Waals surface area (Å²) >= 11 is 0. The summed E-state index contributed by atoms with van der Waals surface area (Å²) in [7, 11) is 3.49. The van der Waals surface area contributed by atoms with Crippen LogP contribution in [0.2, 0.25) is 0 Å². The summed E-state index contributed by atoms with van der Waals surface area (Å²) in [5, 5.41) is 7.20. The molecule has 0 spiro atoms. The van der Waals surface area contributed by atoms with Crippen LogP contribution < -0.4 is 4.74 Å². The fourth-order valence-electron chi connectivity index (χ4n) is 0.495. The summed E-state index contributed by atoms with van der Waals surface area (Å²) < 4.78 is 6.34. The van der Waals surface area contributed by atoms with Gasteiger partial charge in [-0.2, -0.15) is 0 Å². The van der Waals surface area contributed by atoms with E-state index in [1.165, 1.54) is 4.68 Å². The zero-order valence-electron chi connectivity index (χ0n) is 5.24. The number of rotatable bonds is 2. The maximum Gasteiger partial charge on any atom is 0.253 e. The van der Waals surface area contributed by atoms with Crippen molar-refractivity contribution in [3.05, 3.63) is 13.2 Å². The standard InChI is InChI=1S/C5H8N3O/c1-3-9-5-4-8(2)7-6-5/h4H,2-3H2,1H3. The molecular weight excluding hydrogens is 118 g/mol. The van der Waals surface area contributed by atoms with Crippen molar-refractivity contribution in [2.75, 3.05) is 6.61 Å². The van der Waals surface area contributed by atoms with Crippen LogP contribution in [0.1, 0.15) is 6.92 Å². The lowest BCUT2D eigenvalue weighted by atomic mass is 10.8. The van der Waals surface area contributed by atoms with Gasteiger partial charge in [-0.3, -0.25) is 0 Å². The molecule has 0 fully saturated rings. The normalized spacial score (nSPS) is 9.56. The van der Waals surface area contributed by atoms with Crippen LogP contribution in [-0.2, 0) is 0 Å². The van der Waals surface area contributed by atoms with E-state index in [1.807, 2.05) is 6.92 Å². The lowest BCUT2D eigenvalue weighted by molar-refractivity contribution is 0.326. The first-order valence-corrected chi connectivity index (χ1v) is 2.69. The van der Waals surface area contributed by atoms with Crippen molar-refractivity contribution < 1.29 is 4.74 Å². The third-order valence-electron chi connectivity index (χ3n) is 0.810. The first-order chi connectivity index (χ1) is 4.33. The second-order valence-electron chi connectivity index (χ2n) is 1.53. The first-order valence-electron chi connectivity index (χ1n) is 2.69. The summed E-state index contributed by atoms with van der Waals surface area (Å²) in [5.74, 6) is 0.521.